The van der Waals surface area contributed by atoms with E-state index in [1.165, 1.54) is 0 Å². The van der Waals surface area contributed by atoms with E-state index in [-0.39, 0.29) is 5.91 Å². The largest absolute Gasteiger partial charge is 0.481 e. The molecule has 8 heteroatoms. The van der Waals surface area contributed by atoms with Gasteiger partial charge in [-0.2, -0.15) is 5.10 Å². The number of methoxy groups -OCH3 is 1. The van der Waals surface area contributed by atoms with Crippen LogP contribution in [0, 0.1) is 0 Å². The zero-order valence-electron chi connectivity index (χ0n) is 15.5. The number of amides is 1. The third-order valence-electron chi connectivity index (χ3n) is 4.85. The number of hydrogen-bond donors (Lipinski definition) is 3. The number of allylic oxidation sites excluding steroid dienone is 1. The first-order valence-corrected chi connectivity index (χ1v) is 8.77. The second-order valence-corrected chi connectivity index (χ2v) is 7.03. The minimum atomic E-state index is -0.579. The molecule has 140 valence electrons. The van der Waals surface area contributed by atoms with Crippen LogP contribution in [0.3, 0.4) is 0 Å². The molecule has 0 fully saturated rings. The summed E-state index contributed by atoms with van der Waals surface area (Å²) >= 11 is 0. The van der Waals surface area contributed by atoms with E-state index in [2.05, 4.69) is 25.8 Å². The van der Waals surface area contributed by atoms with Gasteiger partial charge in [0, 0.05) is 25.4 Å². The molecule has 2 aliphatic heterocycles. The first-order valence-electron chi connectivity index (χ1n) is 8.77. The number of rotatable bonds is 5. The molecular formula is C19H22N6O2. The van der Waals surface area contributed by atoms with Gasteiger partial charge in [0.25, 0.3) is 5.91 Å². The molecule has 0 spiro atoms. The third-order valence-corrected chi connectivity index (χ3v) is 4.85. The molecule has 27 heavy (non-hydrogen) atoms. The van der Waals surface area contributed by atoms with Gasteiger partial charge < -0.3 is 15.4 Å². The highest BCUT2D eigenvalue weighted by atomic mass is 16.5. The summed E-state index contributed by atoms with van der Waals surface area (Å²) in [6.07, 6.45) is 5.62. The van der Waals surface area contributed by atoms with Crippen LogP contribution in [0.25, 0.3) is 0 Å². The van der Waals surface area contributed by atoms with E-state index in [0.29, 0.717) is 24.5 Å². The molecule has 0 radical (unpaired) electrons. The number of carbonyl (C=O) groups excluding carboxylic acids is 1. The fourth-order valence-corrected chi connectivity index (χ4v) is 3.51. The minimum absolute atomic E-state index is 0.0581. The number of fused-ring (bicyclic) bond motifs is 1. The molecule has 2 aromatic rings. The standard InChI is InChI=1S/C19H22N6O2/c1-19(2)17-14(4-5-16(23-17)27-3)18(26)25(19)13-8-12(9-20-11-13)10-21-15-6-7-22-24-15/h4-8,11,20H,9-10H2,1-3H3,(H2,21,22,24). The molecule has 0 atom stereocenters. The fraction of sp³-hybridized carbons (Fsp3) is 0.316. The van der Waals surface area contributed by atoms with Crippen molar-refractivity contribution < 1.29 is 9.53 Å². The Kier molecular flexibility index (Phi) is 4.10. The second kappa shape index (κ2) is 6.46. The first-order chi connectivity index (χ1) is 13.0. The van der Waals surface area contributed by atoms with Crippen molar-refractivity contribution in [1.29, 1.82) is 0 Å². The van der Waals surface area contributed by atoms with Gasteiger partial charge in [0.2, 0.25) is 5.88 Å². The number of hydrogen-bond acceptors (Lipinski definition) is 6. The average Bonchev–Trinajstić information content (AvgIpc) is 3.25. The Morgan fingerprint density at radius 2 is 2.19 bits per heavy atom. The number of H-pyrrole nitrogens is 1. The molecule has 1 amide bonds. The highest BCUT2D eigenvalue weighted by Crippen LogP contribution is 2.41. The summed E-state index contributed by atoms with van der Waals surface area (Å²) in [4.78, 5) is 19.4. The lowest BCUT2D eigenvalue weighted by Crippen LogP contribution is -2.40. The quantitative estimate of drug-likeness (QED) is 0.749. The molecule has 3 N–H and O–H groups in total. The monoisotopic (exact) mass is 366 g/mol. The van der Waals surface area contributed by atoms with E-state index in [0.717, 1.165) is 22.8 Å². The fourth-order valence-electron chi connectivity index (χ4n) is 3.51. The van der Waals surface area contributed by atoms with Crippen molar-refractivity contribution in [3.63, 3.8) is 0 Å². The number of aromatic nitrogens is 3. The van der Waals surface area contributed by atoms with Gasteiger partial charge in [0.1, 0.15) is 5.82 Å². The van der Waals surface area contributed by atoms with Crippen LogP contribution in [0.4, 0.5) is 5.82 Å². The number of nitrogens with one attached hydrogen (secondary N) is 3. The summed E-state index contributed by atoms with van der Waals surface area (Å²) in [7, 11) is 1.57. The zero-order chi connectivity index (χ0) is 19.0. The maximum atomic E-state index is 13.1. The Balaban J connectivity index is 1.60. The maximum Gasteiger partial charge on any atom is 0.261 e. The SMILES string of the molecule is COc1ccc2c(n1)C(C)(C)N(C1=CNCC(CNc3ccn[nH]3)=C1)C2=O. The molecule has 0 saturated carbocycles. The lowest BCUT2D eigenvalue weighted by molar-refractivity contribution is 0.0713. The summed E-state index contributed by atoms with van der Waals surface area (Å²) < 4.78 is 5.24. The number of anilines is 1. The molecule has 2 aliphatic rings. The van der Waals surface area contributed by atoms with E-state index in [4.69, 9.17) is 4.74 Å². The second-order valence-electron chi connectivity index (χ2n) is 7.03. The van der Waals surface area contributed by atoms with Gasteiger partial charge >= 0.3 is 0 Å². The summed E-state index contributed by atoms with van der Waals surface area (Å²) in [6.45, 7) is 5.35. The summed E-state index contributed by atoms with van der Waals surface area (Å²) in [5.74, 6) is 1.30. The Labute approximate surface area is 157 Å². The molecule has 0 aromatic carbocycles. The van der Waals surface area contributed by atoms with Crippen molar-refractivity contribution in [3.8, 4) is 5.88 Å². The topological polar surface area (TPSA) is 95.2 Å². The smallest absolute Gasteiger partial charge is 0.261 e. The van der Waals surface area contributed by atoms with Gasteiger partial charge in [0.15, 0.2) is 0 Å². The van der Waals surface area contributed by atoms with Crippen molar-refractivity contribution in [2.45, 2.75) is 19.4 Å². The highest BCUT2D eigenvalue weighted by molar-refractivity contribution is 6.00. The predicted molar refractivity (Wildman–Crippen MR) is 101 cm³/mol. The molecule has 2 aromatic heterocycles. The molecule has 4 heterocycles. The summed E-state index contributed by atoms with van der Waals surface area (Å²) in [5.41, 5.74) is 2.70. The third kappa shape index (κ3) is 2.92. The zero-order valence-corrected chi connectivity index (χ0v) is 15.5. The van der Waals surface area contributed by atoms with E-state index >= 15 is 0 Å². The van der Waals surface area contributed by atoms with Gasteiger partial charge in [-0.15, -0.1) is 0 Å². The number of aromatic amines is 1. The van der Waals surface area contributed by atoms with Crippen molar-refractivity contribution in [3.05, 3.63) is 59.2 Å². The number of ether oxygens (including phenoxy) is 1. The maximum absolute atomic E-state index is 13.1. The average molecular weight is 366 g/mol. The van der Waals surface area contributed by atoms with Crippen molar-refractivity contribution in [2.24, 2.45) is 0 Å². The van der Waals surface area contributed by atoms with Gasteiger partial charge in [0.05, 0.1) is 35.8 Å². The van der Waals surface area contributed by atoms with Gasteiger partial charge in [-0.05, 0) is 37.6 Å². The molecule has 4 rings (SSSR count). The lowest BCUT2D eigenvalue weighted by atomic mass is 9.98. The number of nitrogens with zero attached hydrogens (tertiary/aromatic N) is 3. The highest BCUT2D eigenvalue weighted by Gasteiger charge is 2.46. The molecule has 0 bridgehead atoms. The Morgan fingerprint density at radius 3 is 2.93 bits per heavy atom. The molecule has 8 nitrogen and oxygen atoms in total. The first kappa shape index (κ1) is 17.1. The lowest BCUT2D eigenvalue weighted by Gasteiger charge is -2.34. The minimum Gasteiger partial charge on any atom is -0.481 e. The van der Waals surface area contributed by atoms with Crippen molar-refractivity contribution >= 4 is 11.7 Å². The van der Waals surface area contributed by atoms with Gasteiger partial charge in [-0.25, -0.2) is 4.98 Å². The number of dihydropyridines is 1. The van der Waals surface area contributed by atoms with Crippen LogP contribution in [0.15, 0.2) is 47.9 Å². The van der Waals surface area contributed by atoms with E-state index in [1.807, 2.05) is 32.2 Å². The van der Waals surface area contributed by atoms with Crippen LogP contribution in [0.2, 0.25) is 0 Å². The van der Waals surface area contributed by atoms with Crippen LogP contribution in [0.5, 0.6) is 5.88 Å². The molecule has 0 aliphatic carbocycles. The normalized spacial score (nSPS) is 17.7. The number of pyridine rings is 1. The van der Waals surface area contributed by atoms with Crippen LogP contribution in [-0.4, -0.2) is 46.2 Å². The molecular weight excluding hydrogens is 344 g/mol. The van der Waals surface area contributed by atoms with Crippen molar-refractivity contribution in [1.82, 2.24) is 25.4 Å². The molecule has 0 unspecified atom stereocenters. The van der Waals surface area contributed by atoms with E-state index in [9.17, 15) is 4.79 Å². The Morgan fingerprint density at radius 1 is 1.33 bits per heavy atom. The summed E-state index contributed by atoms with van der Waals surface area (Å²) in [6, 6.07) is 5.38. The molecule has 0 saturated heterocycles. The van der Waals surface area contributed by atoms with E-state index < -0.39 is 5.54 Å². The summed E-state index contributed by atoms with van der Waals surface area (Å²) in [5, 5.41) is 13.4. The van der Waals surface area contributed by atoms with Crippen LogP contribution in [-0.2, 0) is 5.54 Å². The van der Waals surface area contributed by atoms with Gasteiger partial charge in [-0.3, -0.25) is 14.8 Å². The van der Waals surface area contributed by atoms with Gasteiger partial charge in [-0.1, -0.05) is 0 Å². The Hall–Kier alpha value is -3.29. The van der Waals surface area contributed by atoms with E-state index in [1.54, 1.807) is 30.3 Å². The predicted octanol–water partition coefficient (Wildman–Crippen LogP) is 1.99. The Bertz CT molecular complexity index is 930. The van der Waals surface area contributed by atoms with Crippen LogP contribution >= 0.6 is 0 Å². The number of carbonyl (C=O) groups is 1. The van der Waals surface area contributed by atoms with Crippen LogP contribution in [0.1, 0.15) is 29.9 Å². The van der Waals surface area contributed by atoms with Crippen LogP contribution < -0.4 is 15.4 Å². The van der Waals surface area contributed by atoms with Crippen molar-refractivity contribution in [2.75, 3.05) is 25.5 Å².